The number of carbonyl (C=O) groups is 2. The van der Waals surface area contributed by atoms with Crippen molar-refractivity contribution in [3.63, 3.8) is 0 Å². The first-order chi connectivity index (χ1) is 15.8. The quantitative estimate of drug-likeness (QED) is 0.673. The summed E-state index contributed by atoms with van der Waals surface area (Å²) in [4.78, 5) is 24.4. The van der Waals surface area contributed by atoms with Crippen LogP contribution in [0.1, 0.15) is 62.6 Å². The van der Waals surface area contributed by atoms with Crippen LogP contribution in [-0.2, 0) is 26.0 Å². The highest BCUT2D eigenvalue weighted by Crippen LogP contribution is 2.36. The van der Waals surface area contributed by atoms with Crippen molar-refractivity contribution in [1.82, 2.24) is 9.62 Å². The second-order valence-corrected chi connectivity index (χ2v) is 10.8. The van der Waals surface area contributed by atoms with Crippen molar-refractivity contribution in [3.8, 4) is 0 Å². The van der Waals surface area contributed by atoms with Gasteiger partial charge in [0.05, 0.1) is 10.9 Å². The Balaban J connectivity index is 1.59. The average Bonchev–Trinajstić information content (AvgIpc) is 2.80. The topological polar surface area (TPSA) is 95.6 Å². The summed E-state index contributed by atoms with van der Waals surface area (Å²) in [5, 5.41) is 5.78. The lowest BCUT2D eigenvalue weighted by molar-refractivity contribution is -0.123. The van der Waals surface area contributed by atoms with Crippen LogP contribution in [0.25, 0.3) is 0 Å². The molecule has 2 aromatic carbocycles. The van der Waals surface area contributed by atoms with Crippen molar-refractivity contribution in [2.45, 2.75) is 68.8 Å². The van der Waals surface area contributed by atoms with E-state index in [0.29, 0.717) is 18.7 Å². The van der Waals surface area contributed by atoms with Crippen LogP contribution in [0.5, 0.6) is 0 Å². The number of amides is 2. The molecule has 0 aromatic heterocycles. The molecule has 176 valence electrons. The summed E-state index contributed by atoms with van der Waals surface area (Å²) in [6.07, 6.45) is 6.09. The zero-order valence-corrected chi connectivity index (χ0v) is 19.7. The summed E-state index contributed by atoms with van der Waals surface area (Å²) in [7, 11) is -3.84. The maximum Gasteiger partial charge on any atom is 0.243 e. The minimum Gasteiger partial charge on any atom is -0.353 e. The van der Waals surface area contributed by atoms with Gasteiger partial charge in [-0.15, -0.1) is 0 Å². The van der Waals surface area contributed by atoms with Crippen LogP contribution < -0.4 is 10.6 Å². The second kappa shape index (κ2) is 10.1. The zero-order chi connectivity index (χ0) is 23.4. The fourth-order valence-electron chi connectivity index (χ4n) is 4.89. The molecule has 2 amide bonds. The molecule has 2 aliphatic rings. The average molecular weight is 470 g/mol. The first-order valence-corrected chi connectivity index (χ1v) is 13.1. The van der Waals surface area contributed by atoms with Gasteiger partial charge in [0.2, 0.25) is 21.8 Å². The molecule has 0 bridgehead atoms. The van der Waals surface area contributed by atoms with Crippen molar-refractivity contribution in [2.24, 2.45) is 0 Å². The molecule has 1 heterocycles. The number of nitrogens with one attached hydrogen (secondary N) is 2. The summed E-state index contributed by atoms with van der Waals surface area (Å²) >= 11 is 0. The minimum absolute atomic E-state index is 0.0940. The molecule has 4 rings (SSSR count). The highest BCUT2D eigenvalue weighted by molar-refractivity contribution is 7.89. The predicted octanol–water partition coefficient (Wildman–Crippen LogP) is 3.77. The van der Waals surface area contributed by atoms with E-state index in [0.717, 1.165) is 36.8 Å². The lowest BCUT2D eigenvalue weighted by atomic mass is 9.91. The number of hydrogen-bond donors (Lipinski definition) is 2. The third-order valence-electron chi connectivity index (χ3n) is 6.49. The number of rotatable bonds is 6. The Morgan fingerprint density at radius 2 is 1.70 bits per heavy atom. The number of benzene rings is 2. The highest BCUT2D eigenvalue weighted by Gasteiger charge is 2.37. The summed E-state index contributed by atoms with van der Waals surface area (Å²) in [5.41, 5.74) is 2.51. The molecule has 1 atom stereocenters. The van der Waals surface area contributed by atoms with Gasteiger partial charge in [0.1, 0.15) is 0 Å². The van der Waals surface area contributed by atoms with Crippen LogP contribution in [0.15, 0.2) is 53.4 Å². The van der Waals surface area contributed by atoms with Gasteiger partial charge in [0.15, 0.2) is 0 Å². The maximum absolute atomic E-state index is 13.6. The van der Waals surface area contributed by atoms with Gasteiger partial charge in [-0.25, -0.2) is 8.42 Å². The van der Waals surface area contributed by atoms with Crippen molar-refractivity contribution < 1.29 is 18.0 Å². The van der Waals surface area contributed by atoms with Crippen molar-refractivity contribution in [3.05, 3.63) is 59.7 Å². The normalized spacial score (nSPS) is 19.5. The van der Waals surface area contributed by atoms with Gasteiger partial charge in [-0.05, 0) is 54.7 Å². The SMILES string of the molecule is CC(=O)Nc1ccc(S(=O)(=O)N2CCc3ccccc3[C@H]2CC(=O)NC2CCCCC2)cc1. The van der Waals surface area contributed by atoms with E-state index in [1.165, 1.54) is 29.8 Å². The van der Waals surface area contributed by atoms with Gasteiger partial charge in [0, 0.05) is 31.6 Å². The zero-order valence-electron chi connectivity index (χ0n) is 18.9. The Morgan fingerprint density at radius 1 is 1.00 bits per heavy atom. The van der Waals surface area contributed by atoms with Gasteiger partial charge in [-0.3, -0.25) is 9.59 Å². The highest BCUT2D eigenvalue weighted by atomic mass is 32.2. The monoisotopic (exact) mass is 469 g/mol. The third kappa shape index (κ3) is 5.45. The molecule has 1 aliphatic carbocycles. The van der Waals surface area contributed by atoms with Gasteiger partial charge in [-0.1, -0.05) is 43.5 Å². The van der Waals surface area contributed by atoms with Crippen LogP contribution in [-0.4, -0.2) is 37.1 Å². The van der Waals surface area contributed by atoms with Crippen molar-refractivity contribution >= 4 is 27.5 Å². The first kappa shape index (κ1) is 23.4. The Morgan fingerprint density at radius 3 is 2.39 bits per heavy atom. The molecule has 2 aromatic rings. The van der Waals surface area contributed by atoms with Crippen LogP contribution in [0.3, 0.4) is 0 Å². The summed E-state index contributed by atoms with van der Waals surface area (Å²) in [5.74, 6) is -0.327. The van der Waals surface area contributed by atoms with Crippen LogP contribution >= 0.6 is 0 Å². The van der Waals surface area contributed by atoms with Gasteiger partial charge >= 0.3 is 0 Å². The fourth-order valence-corrected chi connectivity index (χ4v) is 6.49. The molecule has 8 heteroatoms. The Kier molecular flexibility index (Phi) is 7.14. The van der Waals surface area contributed by atoms with Gasteiger partial charge in [-0.2, -0.15) is 4.31 Å². The number of hydrogen-bond acceptors (Lipinski definition) is 4. The van der Waals surface area contributed by atoms with E-state index in [4.69, 9.17) is 0 Å². The van der Waals surface area contributed by atoms with E-state index in [1.807, 2.05) is 24.3 Å². The summed E-state index contributed by atoms with van der Waals surface area (Å²) in [6, 6.07) is 13.6. The van der Waals surface area contributed by atoms with E-state index in [-0.39, 0.29) is 29.2 Å². The van der Waals surface area contributed by atoms with Gasteiger partial charge < -0.3 is 10.6 Å². The van der Waals surface area contributed by atoms with Crippen LogP contribution in [0.4, 0.5) is 5.69 Å². The van der Waals surface area contributed by atoms with E-state index in [1.54, 1.807) is 12.1 Å². The molecule has 0 radical (unpaired) electrons. The smallest absolute Gasteiger partial charge is 0.243 e. The standard InChI is InChI=1S/C25H31N3O4S/c1-18(29)26-21-11-13-22(14-12-21)33(31,32)28-16-15-19-7-5-6-10-23(19)24(28)17-25(30)27-20-8-3-2-4-9-20/h5-7,10-14,20,24H,2-4,8-9,15-17H2,1H3,(H,26,29)(H,27,30)/t24-/m1/s1. The molecule has 1 fully saturated rings. The lowest BCUT2D eigenvalue weighted by Gasteiger charge is -2.36. The first-order valence-electron chi connectivity index (χ1n) is 11.6. The Labute approximate surface area is 195 Å². The molecule has 2 N–H and O–H groups in total. The largest absolute Gasteiger partial charge is 0.353 e. The van der Waals surface area contributed by atoms with Crippen molar-refractivity contribution in [2.75, 3.05) is 11.9 Å². The summed E-state index contributed by atoms with van der Waals surface area (Å²) in [6.45, 7) is 1.72. The molecule has 7 nitrogen and oxygen atoms in total. The molecule has 33 heavy (non-hydrogen) atoms. The summed E-state index contributed by atoms with van der Waals surface area (Å²) < 4.78 is 28.7. The Hall–Kier alpha value is -2.71. The number of sulfonamides is 1. The predicted molar refractivity (Wildman–Crippen MR) is 127 cm³/mol. The van der Waals surface area contributed by atoms with Crippen LogP contribution in [0, 0.1) is 0 Å². The molecule has 0 unspecified atom stereocenters. The maximum atomic E-state index is 13.6. The third-order valence-corrected chi connectivity index (χ3v) is 8.42. The molecule has 1 aliphatic heterocycles. The molecular weight excluding hydrogens is 438 g/mol. The molecule has 0 saturated heterocycles. The minimum atomic E-state index is -3.84. The molecule has 0 spiro atoms. The number of anilines is 1. The lowest BCUT2D eigenvalue weighted by Crippen LogP contribution is -2.43. The van der Waals surface area contributed by atoms with E-state index in [9.17, 15) is 18.0 Å². The fraction of sp³-hybridized carbons (Fsp3) is 0.440. The number of fused-ring (bicyclic) bond motifs is 1. The van der Waals surface area contributed by atoms with Crippen LogP contribution in [0.2, 0.25) is 0 Å². The van der Waals surface area contributed by atoms with E-state index in [2.05, 4.69) is 10.6 Å². The molecule has 1 saturated carbocycles. The van der Waals surface area contributed by atoms with Crippen molar-refractivity contribution in [1.29, 1.82) is 0 Å². The Bertz CT molecular complexity index is 1110. The number of carbonyl (C=O) groups excluding carboxylic acids is 2. The second-order valence-electron chi connectivity index (χ2n) is 8.89. The van der Waals surface area contributed by atoms with E-state index >= 15 is 0 Å². The van der Waals surface area contributed by atoms with Gasteiger partial charge in [0.25, 0.3) is 0 Å². The molecular formula is C25H31N3O4S. The van der Waals surface area contributed by atoms with E-state index < -0.39 is 16.1 Å². The number of nitrogens with zero attached hydrogens (tertiary/aromatic N) is 1.